The third-order valence-electron chi connectivity index (χ3n) is 2.27. The van der Waals surface area contributed by atoms with E-state index >= 15 is 0 Å². The minimum atomic E-state index is -1.87. The lowest BCUT2D eigenvalue weighted by Crippen LogP contribution is -2.57. The lowest BCUT2D eigenvalue weighted by molar-refractivity contribution is -0.140. The molecule has 1 aromatic carbocycles. The van der Waals surface area contributed by atoms with Gasteiger partial charge in [0.25, 0.3) is 0 Å². The molecule has 0 aliphatic heterocycles. The monoisotopic (exact) mass is 235 g/mol. The van der Waals surface area contributed by atoms with Gasteiger partial charge in [-0.1, -0.05) is 30.3 Å². The molecule has 0 aliphatic carbocycles. The van der Waals surface area contributed by atoms with Gasteiger partial charge in [-0.3, -0.25) is 16.5 Å². The van der Waals surface area contributed by atoms with E-state index in [0.717, 1.165) is 19.1 Å². The molecule has 5 N–H and O–H groups in total. The number of nitrogens with two attached hydrogens (primary N) is 2. The van der Waals surface area contributed by atoms with Crippen LogP contribution in [0.2, 0.25) is 0 Å². The number of hydrogen-bond donors (Lipinski definition) is 3. The van der Waals surface area contributed by atoms with E-state index in [1.807, 2.05) is 30.3 Å². The number of hydrogen-bond acceptors (Lipinski definition) is 4. The molecule has 5 nitrogen and oxygen atoms in total. The van der Waals surface area contributed by atoms with Crippen LogP contribution in [-0.4, -0.2) is 29.5 Å². The number of rotatable bonds is 6. The normalized spacial score (nSPS) is 11.9. The predicted octanol–water partition coefficient (Wildman–Crippen LogP) is 0.388. The molecule has 17 heavy (non-hydrogen) atoms. The molecule has 0 saturated carbocycles. The van der Waals surface area contributed by atoms with Crippen LogP contribution in [-0.2, 0) is 11.2 Å². The molecular weight excluding hydrogens is 218 g/mol. The average molecular weight is 235 g/mol. The molecule has 0 amide bonds. The van der Waals surface area contributed by atoms with Crippen molar-refractivity contribution in [3.05, 3.63) is 35.9 Å². The highest BCUT2D eigenvalue weighted by atomic mass is 16.4. The van der Waals surface area contributed by atoms with Crippen LogP contribution in [0, 0.1) is 0 Å². The Kier molecular flexibility index (Phi) is 4.81. The van der Waals surface area contributed by atoms with Gasteiger partial charge in [0.1, 0.15) is 0 Å². The maximum Gasteiger partial charge on any atom is 0.344 e. The fourth-order valence-electron chi connectivity index (χ4n) is 1.29. The molecule has 0 bridgehead atoms. The van der Waals surface area contributed by atoms with Gasteiger partial charge in [0.05, 0.1) is 0 Å². The van der Waals surface area contributed by atoms with Crippen LogP contribution in [0.3, 0.4) is 0 Å². The summed E-state index contributed by atoms with van der Waals surface area (Å²) in [6, 6.07) is 10.0. The van der Waals surface area contributed by atoms with E-state index in [-0.39, 0.29) is 0 Å². The Morgan fingerprint density at radius 1 is 1.35 bits per heavy atom. The summed E-state index contributed by atoms with van der Waals surface area (Å²) in [5, 5.41) is 8.63. The van der Waals surface area contributed by atoms with Gasteiger partial charge >= 0.3 is 5.97 Å². The zero-order valence-corrected chi connectivity index (χ0v) is 9.54. The number of carboxylic acids is 1. The topological polar surface area (TPSA) is 102 Å². The van der Waals surface area contributed by atoms with Crippen molar-refractivity contribution in [2.45, 2.75) is 18.5 Å². The van der Waals surface area contributed by atoms with E-state index in [9.17, 15) is 4.79 Å². The smallest absolute Gasteiger partial charge is 0.344 e. The van der Waals surface area contributed by atoms with Crippen molar-refractivity contribution < 1.29 is 9.90 Å². The fourth-order valence-corrected chi connectivity index (χ4v) is 1.29. The highest BCUT2D eigenvalue weighted by Crippen LogP contribution is 2.02. The Bertz CT molecular complexity index is 388. The second kappa shape index (κ2) is 6.12. The Balaban J connectivity index is 2.29. The van der Waals surface area contributed by atoms with Crippen molar-refractivity contribution in [3.8, 4) is 0 Å². The molecule has 0 fully saturated rings. The van der Waals surface area contributed by atoms with Crippen LogP contribution < -0.4 is 11.5 Å². The molecule has 0 aliphatic rings. The fraction of sp³-hybridized carbons (Fsp3) is 0.333. The third kappa shape index (κ3) is 4.76. The summed E-state index contributed by atoms with van der Waals surface area (Å²) in [6.07, 6.45) is 2.81. The largest absolute Gasteiger partial charge is 0.479 e. The maximum absolute atomic E-state index is 10.6. The SMILES string of the molecule is NC(N)(C=NCCCc1ccccc1)C(=O)O. The van der Waals surface area contributed by atoms with Gasteiger partial charge in [0.15, 0.2) is 5.66 Å². The zero-order chi connectivity index (χ0) is 12.7. The van der Waals surface area contributed by atoms with Crippen molar-refractivity contribution in [1.29, 1.82) is 0 Å². The highest BCUT2D eigenvalue weighted by Gasteiger charge is 2.25. The summed E-state index contributed by atoms with van der Waals surface area (Å²) < 4.78 is 0. The lowest BCUT2D eigenvalue weighted by atomic mass is 10.1. The summed E-state index contributed by atoms with van der Waals surface area (Å²) in [5.74, 6) is -1.29. The van der Waals surface area contributed by atoms with E-state index in [1.165, 1.54) is 5.56 Å². The minimum Gasteiger partial charge on any atom is -0.479 e. The average Bonchev–Trinajstić information content (AvgIpc) is 2.29. The van der Waals surface area contributed by atoms with Crippen LogP contribution in [0.15, 0.2) is 35.3 Å². The van der Waals surface area contributed by atoms with Gasteiger partial charge in [0, 0.05) is 12.8 Å². The Hall–Kier alpha value is -1.72. The third-order valence-corrected chi connectivity index (χ3v) is 2.27. The molecule has 0 spiro atoms. The molecule has 0 saturated heterocycles. The predicted molar refractivity (Wildman–Crippen MR) is 66.9 cm³/mol. The van der Waals surface area contributed by atoms with Crippen molar-refractivity contribution >= 4 is 12.2 Å². The van der Waals surface area contributed by atoms with Crippen molar-refractivity contribution in [3.63, 3.8) is 0 Å². The van der Waals surface area contributed by atoms with Crippen molar-refractivity contribution in [1.82, 2.24) is 0 Å². The summed E-state index contributed by atoms with van der Waals surface area (Å²) in [5.41, 5.74) is 9.92. The second-order valence-corrected chi connectivity index (χ2v) is 3.86. The van der Waals surface area contributed by atoms with Crippen LogP contribution in [0.1, 0.15) is 12.0 Å². The van der Waals surface area contributed by atoms with Crippen LogP contribution in [0.5, 0.6) is 0 Å². The highest BCUT2D eigenvalue weighted by molar-refractivity contribution is 5.97. The van der Waals surface area contributed by atoms with Crippen LogP contribution in [0.4, 0.5) is 0 Å². The molecule has 1 rings (SSSR count). The number of carbonyl (C=O) groups is 1. The quantitative estimate of drug-likeness (QED) is 0.377. The maximum atomic E-state index is 10.6. The molecule has 1 aromatic rings. The molecule has 0 aromatic heterocycles. The van der Waals surface area contributed by atoms with Gasteiger partial charge in [-0.25, -0.2) is 4.79 Å². The molecule has 0 unspecified atom stereocenters. The summed E-state index contributed by atoms with van der Waals surface area (Å²) >= 11 is 0. The molecular formula is C12H17N3O2. The van der Waals surface area contributed by atoms with E-state index in [2.05, 4.69) is 4.99 Å². The van der Waals surface area contributed by atoms with Gasteiger partial charge in [-0.2, -0.15) is 0 Å². The molecule has 5 heteroatoms. The summed E-state index contributed by atoms with van der Waals surface area (Å²) in [6.45, 7) is 0.512. The lowest BCUT2D eigenvalue weighted by Gasteiger charge is -2.12. The Morgan fingerprint density at radius 2 is 2.00 bits per heavy atom. The number of aliphatic imine (C=N–C) groups is 1. The molecule has 0 heterocycles. The second-order valence-electron chi connectivity index (χ2n) is 3.86. The van der Waals surface area contributed by atoms with Gasteiger partial charge in [-0.05, 0) is 18.4 Å². The van der Waals surface area contributed by atoms with E-state index < -0.39 is 11.6 Å². The first-order valence-electron chi connectivity index (χ1n) is 5.38. The van der Waals surface area contributed by atoms with Gasteiger partial charge < -0.3 is 5.11 Å². The Morgan fingerprint density at radius 3 is 2.59 bits per heavy atom. The van der Waals surface area contributed by atoms with Gasteiger partial charge in [-0.15, -0.1) is 0 Å². The Labute approximate surface area is 100 Å². The zero-order valence-electron chi connectivity index (χ0n) is 9.54. The minimum absolute atomic E-state index is 0.512. The summed E-state index contributed by atoms with van der Waals surface area (Å²) in [7, 11) is 0. The van der Waals surface area contributed by atoms with Crippen molar-refractivity contribution in [2.24, 2.45) is 16.5 Å². The van der Waals surface area contributed by atoms with E-state index in [1.54, 1.807) is 0 Å². The number of benzene rings is 1. The number of nitrogens with zero attached hydrogens (tertiary/aromatic N) is 1. The molecule has 92 valence electrons. The van der Waals surface area contributed by atoms with Gasteiger partial charge in [0.2, 0.25) is 0 Å². The van der Waals surface area contributed by atoms with Crippen molar-refractivity contribution in [2.75, 3.05) is 6.54 Å². The molecule has 0 atom stereocenters. The molecule has 0 radical (unpaired) electrons. The summed E-state index contributed by atoms with van der Waals surface area (Å²) in [4.78, 5) is 14.5. The standard InChI is InChI=1S/C12H17N3O2/c13-12(14,11(16)17)9-15-8-4-7-10-5-2-1-3-6-10/h1-3,5-6,9H,4,7-8,13-14H2,(H,16,17). The number of aryl methyl sites for hydroxylation is 1. The van der Waals surface area contributed by atoms with E-state index in [4.69, 9.17) is 16.6 Å². The van der Waals surface area contributed by atoms with Crippen LogP contribution in [0.25, 0.3) is 0 Å². The first-order chi connectivity index (χ1) is 8.02. The van der Waals surface area contributed by atoms with E-state index in [0.29, 0.717) is 6.54 Å². The first-order valence-corrected chi connectivity index (χ1v) is 5.38. The number of aliphatic carboxylic acids is 1. The first kappa shape index (κ1) is 13.3. The number of carboxylic acid groups (broad SMARTS) is 1. The van der Waals surface area contributed by atoms with Crippen LogP contribution >= 0.6 is 0 Å².